The molecule has 82 valence electrons. The summed E-state index contributed by atoms with van der Waals surface area (Å²) in [6.45, 7) is 0. The molecule has 4 nitrogen and oxygen atoms in total. The highest BCUT2D eigenvalue weighted by molar-refractivity contribution is 7.99. The summed E-state index contributed by atoms with van der Waals surface area (Å²) in [5, 5.41) is 8.50. The van der Waals surface area contributed by atoms with Crippen LogP contribution in [0.5, 0.6) is 0 Å². The zero-order chi connectivity index (χ0) is 11.5. The first-order valence-electron chi connectivity index (χ1n) is 4.38. The third kappa shape index (κ3) is 2.37. The molecule has 0 fully saturated rings. The van der Waals surface area contributed by atoms with Crippen molar-refractivity contribution in [1.82, 2.24) is 4.98 Å². The Balaban J connectivity index is 2.36. The number of nitrogens with two attached hydrogens (primary N) is 1. The molecule has 1 heterocycles. The van der Waals surface area contributed by atoms with Crippen LogP contribution in [0.25, 0.3) is 0 Å². The number of hydrogen-bond acceptors (Lipinski definition) is 4. The second-order valence-corrected chi connectivity index (χ2v) is 4.38. The first-order chi connectivity index (χ1) is 7.66. The molecule has 0 saturated carbocycles. The van der Waals surface area contributed by atoms with Gasteiger partial charge in [0.05, 0.1) is 6.20 Å². The summed E-state index contributed by atoms with van der Waals surface area (Å²) >= 11 is 7.14. The van der Waals surface area contributed by atoms with Crippen LogP contribution in [0.3, 0.4) is 0 Å². The van der Waals surface area contributed by atoms with Crippen molar-refractivity contribution in [2.75, 3.05) is 0 Å². The highest BCUT2D eigenvalue weighted by Gasteiger charge is 2.10. The van der Waals surface area contributed by atoms with Crippen molar-refractivity contribution in [1.29, 1.82) is 5.41 Å². The van der Waals surface area contributed by atoms with Gasteiger partial charge in [-0.05, 0) is 30.0 Å². The normalized spacial score (nSPS) is 10.3. The second kappa shape index (κ2) is 4.59. The summed E-state index contributed by atoms with van der Waals surface area (Å²) < 4.78 is 5.11. The molecular weight excluding hydrogens is 246 g/mol. The predicted molar refractivity (Wildman–Crippen MR) is 63.1 cm³/mol. The molecule has 0 bridgehead atoms. The molecule has 0 aliphatic carbocycles. The van der Waals surface area contributed by atoms with E-state index in [0.29, 0.717) is 15.8 Å². The van der Waals surface area contributed by atoms with Gasteiger partial charge in [-0.15, -0.1) is 0 Å². The molecule has 0 atom stereocenters. The molecule has 1 aromatic heterocycles. The predicted octanol–water partition coefficient (Wildman–Crippen LogP) is 2.76. The number of nitrogen functional groups attached to an aromatic ring is 1. The lowest BCUT2D eigenvalue weighted by Gasteiger charge is -2.05. The maximum atomic E-state index is 7.46. The Morgan fingerprint density at radius 3 is 2.94 bits per heavy atom. The van der Waals surface area contributed by atoms with Crippen LogP contribution in [-0.2, 0) is 0 Å². The molecular formula is C10H8ClN3OS. The van der Waals surface area contributed by atoms with Gasteiger partial charge < -0.3 is 10.2 Å². The number of halogens is 1. The lowest BCUT2D eigenvalue weighted by molar-refractivity contribution is 0.454. The Hall–Kier alpha value is -1.46. The monoisotopic (exact) mass is 253 g/mol. The minimum atomic E-state index is -0.0310. The van der Waals surface area contributed by atoms with E-state index in [-0.39, 0.29) is 5.84 Å². The molecule has 0 aliphatic heterocycles. The van der Waals surface area contributed by atoms with Crippen molar-refractivity contribution in [3.05, 3.63) is 41.2 Å². The summed E-state index contributed by atoms with van der Waals surface area (Å²) in [4.78, 5) is 4.78. The molecule has 3 N–H and O–H groups in total. The summed E-state index contributed by atoms with van der Waals surface area (Å²) in [6, 6.07) is 5.17. The summed E-state index contributed by atoms with van der Waals surface area (Å²) in [5.74, 6) is -0.0310. The maximum absolute atomic E-state index is 7.46. The molecule has 0 aliphatic rings. The van der Waals surface area contributed by atoms with Crippen LogP contribution in [0.2, 0.25) is 5.02 Å². The summed E-state index contributed by atoms with van der Waals surface area (Å²) in [7, 11) is 0. The molecule has 2 rings (SSSR count). The Kier molecular flexibility index (Phi) is 3.17. The number of aromatic nitrogens is 1. The topological polar surface area (TPSA) is 75.9 Å². The lowest BCUT2D eigenvalue weighted by Crippen LogP contribution is -2.12. The van der Waals surface area contributed by atoms with Gasteiger partial charge in [0.2, 0.25) is 0 Å². The molecule has 0 spiro atoms. The molecule has 0 saturated heterocycles. The Morgan fingerprint density at radius 2 is 2.31 bits per heavy atom. The van der Waals surface area contributed by atoms with Crippen molar-refractivity contribution in [3.63, 3.8) is 0 Å². The number of nitrogens with one attached hydrogen (secondary N) is 1. The van der Waals surface area contributed by atoms with Gasteiger partial charge in [-0.3, -0.25) is 5.41 Å². The quantitative estimate of drug-likeness (QED) is 0.651. The number of amidine groups is 1. The molecule has 2 aromatic rings. The zero-order valence-corrected chi connectivity index (χ0v) is 9.68. The lowest BCUT2D eigenvalue weighted by atomic mass is 10.2. The average Bonchev–Trinajstić information content (AvgIpc) is 2.73. The van der Waals surface area contributed by atoms with Crippen molar-refractivity contribution in [2.24, 2.45) is 5.73 Å². The standard InChI is InChI=1S/C10H8ClN3OS/c11-6-1-2-8(7(5-6)9(12)13)16-10-14-3-4-15-10/h1-5H,(H3,12,13). The van der Waals surface area contributed by atoms with Gasteiger partial charge in [-0.1, -0.05) is 11.6 Å². The fourth-order valence-electron chi connectivity index (χ4n) is 1.16. The van der Waals surface area contributed by atoms with Crippen LogP contribution in [-0.4, -0.2) is 10.8 Å². The fraction of sp³-hybridized carbons (Fsp3) is 0. The first kappa shape index (κ1) is 11.0. The van der Waals surface area contributed by atoms with E-state index >= 15 is 0 Å². The average molecular weight is 254 g/mol. The van der Waals surface area contributed by atoms with Crippen molar-refractivity contribution in [2.45, 2.75) is 10.1 Å². The van der Waals surface area contributed by atoms with E-state index in [2.05, 4.69) is 4.98 Å². The second-order valence-electron chi connectivity index (χ2n) is 2.95. The summed E-state index contributed by atoms with van der Waals surface area (Å²) in [6.07, 6.45) is 3.05. The molecule has 1 aromatic carbocycles. The molecule has 0 radical (unpaired) electrons. The molecule has 0 unspecified atom stereocenters. The van der Waals surface area contributed by atoms with Gasteiger partial charge in [-0.25, -0.2) is 4.98 Å². The van der Waals surface area contributed by atoms with Crippen LogP contribution < -0.4 is 5.73 Å². The van der Waals surface area contributed by atoms with Crippen LogP contribution in [0.1, 0.15) is 5.56 Å². The number of oxazole rings is 1. The van der Waals surface area contributed by atoms with E-state index < -0.39 is 0 Å². The van der Waals surface area contributed by atoms with Crippen molar-refractivity contribution in [3.8, 4) is 0 Å². The number of benzene rings is 1. The van der Waals surface area contributed by atoms with Gasteiger partial charge >= 0.3 is 0 Å². The Bertz CT molecular complexity index is 513. The van der Waals surface area contributed by atoms with E-state index in [0.717, 1.165) is 4.90 Å². The van der Waals surface area contributed by atoms with Crippen LogP contribution in [0, 0.1) is 5.41 Å². The van der Waals surface area contributed by atoms with E-state index in [1.165, 1.54) is 18.0 Å². The van der Waals surface area contributed by atoms with Crippen LogP contribution in [0.15, 0.2) is 45.2 Å². The summed E-state index contributed by atoms with van der Waals surface area (Å²) in [5.41, 5.74) is 6.05. The molecule has 6 heteroatoms. The van der Waals surface area contributed by atoms with Crippen LogP contribution in [0.4, 0.5) is 0 Å². The van der Waals surface area contributed by atoms with E-state index in [1.54, 1.807) is 24.4 Å². The zero-order valence-electron chi connectivity index (χ0n) is 8.11. The third-order valence-corrected chi connectivity index (χ3v) is 3.03. The number of nitrogens with zero attached hydrogens (tertiary/aromatic N) is 1. The van der Waals surface area contributed by atoms with Gasteiger partial charge in [-0.2, -0.15) is 0 Å². The molecule has 0 amide bonds. The van der Waals surface area contributed by atoms with Gasteiger partial charge in [0.25, 0.3) is 5.22 Å². The van der Waals surface area contributed by atoms with Gasteiger partial charge in [0, 0.05) is 15.5 Å². The van der Waals surface area contributed by atoms with Gasteiger partial charge in [0.15, 0.2) is 0 Å². The van der Waals surface area contributed by atoms with E-state index in [1.807, 2.05) is 0 Å². The highest BCUT2D eigenvalue weighted by Crippen LogP contribution is 2.30. The smallest absolute Gasteiger partial charge is 0.260 e. The maximum Gasteiger partial charge on any atom is 0.260 e. The minimum Gasteiger partial charge on any atom is -0.440 e. The fourth-order valence-corrected chi connectivity index (χ4v) is 2.15. The first-order valence-corrected chi connectivity index (χ1v) is 5.57. The SMILES string of the molecule is N=C(N)c1cc(Cl)ccc1Sc1ncco1. The minimum absolute atomic E-state index is 0.0310. The van der Waals surface area contributed by atoms with E-state index in [9.17, 15) is 0 Å². The van der Waals surface area contributed by atoms with E-state index in [4.69, 9.17) is 27.2 Å². The van der Waals surface area contributed by atoms with Crippen LogP contribution >= 0.6 is 23.4 Å². The largest absolute Gasteiger partial charge is 0.440 e. The van der Waals surface area contributed by atoms with Crippen molar-refractivity contribution >= 4 is 29.2 Å². The molecule has 16 heavy (non-hydrogen) atoms. The van der Waals surface area contributed by atoms with Crippen molar-refractivity contribution < 1.29 is 4.42 Å². The van der Waals surface area contributed by atoms with Gasteiger partial charge in [0.1, 0.15) is 12.1 Å². The Labute approximate surface area is 101 Å². The highest BCUT2D eigenvalue weighted by atomic mass is 35.5. The Morgan fingerprint density at radius 1 is 1.50 bits per heavy atom. The number of rotatable bonds is 3. The number of hydrogen-bond donors (Lipinski definition) is 2. The third-order valence-electron chi connectivity index (χ3n) is 1.84.